The molecule has 0 radical (unpaired) electrons. The molecule has 4 rings (SSSR count). The van der Waals surface area contributed by atoms with Crippen molar-refractivity contribution < 1.29 is 4.79 Å². The zero-order valence-corrected chi connectivity index (χ0v) is 15.9. The monoisotopic (exact) mass is 391 g/mol. The van der Waals surface area contributed by atoms with Crippen molar-refractivity contribution in [2.24, 2.45) is 0 Å². The maximum atomic E-state index is 12.9. The van der Waals surface area contributed by atoms with E-state index in [9.17, 15) is 9.59 Å². The van der Waals surface area contributed by atoms with Gasteiger partial charge in [0.15, 0.2) is 0 Å². The average Bonchev–Trinajstić information content (AvgIpc) is 3.15. The zero-order valence-electron chi connectivity index (χ0n) is 15.1. The van der Waals surface area contributed by atoms with Gasteiger partial charge in [-0.1, -0.05) is 30.3 Å². The summed E-state index contributed by atoms with van der Waals surface area (Å²) in [5.41, 5.74) is 2.81. The third-order valence-electron chi connectivity index (χ3n) is 4.36. The Labute approximate surface area is 164 Å². The molecule has 1 amide bonds. The van der Waals surface area contributed by atoms with Gasteiger partial charge in [-0.25, -0.2) is 4.98 Å². The molecule has 140 valence electrons. The number of carbonyl (C=O) groups is 1. The average molecular weight is 391 g/mol. The molecule has 0 unspecified atom stereocenters. The number of benzene rings is 1. The molecule has 0 aliphatic carbocycles. The molecule has 1 aromatic carbocycles. The molecule has 8 heteroatoms. The van der Waals surface area contributed by atoms with Gasteiger partial charge in [-0.15, -0.1) is 0 Å². The number of pyridine rings is 1. The van der Waals surface area contributed by atoms with Gasteiger partial charge >= 0.3 is 0 Å². The number of nitrogens with zero attached hydrogens (tertiary/aromatic N) is 4. The fraction of sp³-hybridized carbons (Fsp3) is 0.150. The molecular formula is C20H17N5O2S. The van der Waals surface area contributed by atoms with E-state index in [1.165, 1.54) is 4.57 Å². The van der Waals surface area contributed by atoms with E-state index in [1.54, 1.807) is 19.3 Å². The van der Waals surface area contributed by atoms with Crippen LogP contribution in [-0.4, -0.2) is 24.8 Å². The van der Waals surface area contributed by atoms with Gasteiger partial charge in [0.25, 0.3) is 5.56 Å². The molecule has 7 nitrogen and oxygen atoms in total. The predicted molar refractivity (Wildman–Crippen MR) is 108 cm³/mol. The van der Waals surface area contributed by atoms with Gasteiger partial charge in [0, 0.05) is 24.5 Å². The third-order valence-corrected chi connectivity index (χ3v) is 5.18. The summed E-state index contributed by atoms with van der Waals surface area (Å²) in [5, 5.41) is 2.84. The molecule has 0 saturated heterocycles. The minimum absolute atomic E-state index is 0.0804. The van der Waals surface area contributed by atoms with Crippen LogP contribution in [-0.2, 0) is 17.9 Å². The SMILES string of the molecule is Cc1nc2c(-c3ccncc3)nsc2c(=O)n1CC(=O)NCc1ccccc1. The molecule has 1 N–H and O–H groups in total. The van der Waals surface area contributed by atoms with Crippen molar-refractivity contribution in [1.29, 1.82) is 0 Å². The lowest BCUT2D eigenvalue weighted by Crippen LogP contribution is -2.33. The molecule has 0 bridgehead atoms. The van der Waals surface area contributed by atoms with Gasteiger partial charge in [-0.05, 0) is 36.2 Å². The van der Waals surface area contributed by atoms with Crippen LogP contribution in [0.3, 0.4) is 0 Å². The molecule has 3 heterocycles. The molecule has 0 saturated carbocycles. The van der Waals surface area contributed by atoms with E-state index < -0.39 is 0 Å². The maximum absolute atomic E-state index is 12.9. The Morgan fingerprint density at radius 1 is 1.14 bits per heavy atom. The minimum Gasteiger partial charge on any atom is -0.350 e. The largest absolute Gasteiger partial charge is 0.350 e. The Balaban J connectivity index is 1.60. The van der Waals surface area contributed by atoms with Gasteiger partial charge in [0.05, 0.1) is 0 Å². The number of hydrogen-bond donors (Lipinski definition) is 1. The minimum atomic E-state index is -0.254. The molecule has 0 spiro atoms. The summed E-state index contributed by atoms with van der Waals surface area (Å²) in [7, 11) is 0. The molecule has 0 aliphatic rings. The Morgan fingerprint density at radius 3 is 2.64 bits per heavy atom. The topological polar surface area (TPSA) is 89.8 Å². The van der Waals surface area contributed by atoms with Gasteiger partial charge in [-0.3, -0.25) is 19.1 Å². The van der Waals surface area contributed by atoms with E-state index in [0.717, 1.165) is 22.7 Å². The maximum Gasteiger partial charge on any atom is 0.273 e. The summed E-state index contributed by atoms with van der Waals surface area (Å²) in [6.45, 7) is 2.05. The van der Waals surface area contributed by atoms with E-state index in [0.29, 0.717) is 28.3 Å². The zero-order chi connectivity index (χ0) is 19.5. The van der Waals surface area contributed by atoms with Crippen LogP contribution in [0.5, 0.6) is 0 Å². The second kappa shape index (κ2) is 7.69. The van der Waals surface area contributed by atoms with E-state index in [2.05, 4.69) is 19.7 Å². The van der Waals surface area contributed by atoms with E-state index in [1.807, 2.05) is 42.5 Å². The number of nitrogens with one attached hydrogen (secondary N) is 1. The first-order valence-corrected chi connectivity index (χ1v) is 9.48. The third kappa shape index (κ3) is 3.54. The van der Waals surface area contributed by atoms with Crippen LogP contribution in [0.15, 0.2) is 59.7 Å². The molecule has 0 aliphatic heterocycles. The summed E-state index contributed by atoms with van der Waals surface area (Å²) in [4.78, 5) is 33.8. The quantitative estimate of drug-likeness (QED) is 0.565. The van der Waals surface area contributed by atoms with Crippen molar-refractivity contribution in [2.45, 2.75) is 20.0 Å². The van der Waals surface area contributed by atoms with Gasteiger partial charge < -0.3 is 5.32 Å². The van der Waals surface area contributed by atoms with Crippen LogP contribution in [0.4, 0.5) is 0 Å². The lowest BCUT2D eigenvalue weighted by molar-refractivity contribution is -0.121. The van der Waals surface area contributed by atoms with Crippen molar-refractivity contribution in [2.75, 3.05) is 0 Å². The Morgan fingerprint density at radius 2 is 1.89 bits per heavy atom. The lowest BCUT2D eigenvalue weighted by atomic mass is 10.2. The van der Waals surface area contributed by atoms with Crippen molar-refractivity contribution >= 4 is 27.7 Å². The summed E-state index contributed by atoms with van der Waals surface area (Å²) < 4.78 is 6.23. The predicted octanol–water partition coefficient (Wildman–Crippen LogP) is 2.54. The summed E-state index contributed by atoms with van der Waals surface area (Å²) in [6, 6.07) is 13.3. The number of carbonyl (C=O) groups excluding carboxylic acids is 1. The standard InChI is InChI=1S/C20H17N5O2S/c1-13-23-18-17(15-7-9-21-10-8-15)24-28-19(18)20(27)25(13)12-16(26)22-11-14-5-3-2-4-6-14/h2-10H,11-12H2,1H3,(H,22,26). The highest BCUT2D eigenvalue weighted by atomic mass is 32.1. The van der Waals surface area contributed by atoms with Crippen molar-refractivity contribution in [3.63, 3.8) is 0 Å². The Hall–Kier alpha value is -3.39. The number of aryl methyl sites for hydroxylation is 1. The van der Waals surface area contributed by atoms with Crippen LogP contribution in [0.2, 0.25) is 0 Å². The Kier molecular flexibility index (Phi) is 4.94. The number of fused-ring (bicyclic) bond motifs is 1. The normalized spacial score (nSPS) is 10.9. The fourth-order valence-corrected chi connectivity index (χ4v) is 3.69. The molecule has 0 fully saturated rings. The molecular weight excluding hydrogens is 374 g/mol. The smallest absolute Gasteiger partial charge is 0.273 e. The number of hydrogen-bond acceptors (Lipinski definition) is 6. The van der Waals surface area contributed by atoms with Gasteiger partial charge in [0.1, 0.15) is 28.3 Å². The van der Waals surface area contributed by atoms with Crippen LogP contribution in [0.25, 0.3) is 21.5 Å². The number of aromatic nitrogens is 4. The molecule has 3 aromatic heterocycles. The molecule has 0 atom stereocenters. The summed E-state index contributed by atoms with van der Waals surface area (Å²) in [6.07, 6.45) is 3.34. The first-order valence-electron chi connectivity index (χ1n) is 8.71. The van der Waals surface area contributed by atoms with Crippen molar-refractivity contribution in [3.8, 4) is 11.3 Å². The van der Waals surface area contributed by atoms with Gasteiger partial charge in [-0.2, -0.15) is 4.37 Å². The number of amides is 1. The van der Waals surface area contributed by atoms with E-state index >= 15 is 0 Å². The summed E-state index contributed by atoms with van der Waals surface area (Å²) in [5.74, 6) is 0.233. The second-order valence-corrected chi connectivity index (χ2v) is 7.03. The van der Waals surface area contributed by atoms with Crippen molar-refractivity contribution in [1.82, 2.24) is 24.2 Å². The molecule has 28 heavy (non-hydrogen) atoms. The van der Waals surface area contributed by atoms with Crippen LogP contribution < -0.4 is 10.9 Å². The highest BCUT2D eigenvalue weighted by molar-refractivity contribution is 7.13. The highest BCUT2D eigenvalue weighted by Gasteiger charge is 2.17. The number of rotatable bonds is 5. The van der Waals surface area contributed by atoms with Crippen LogP contribution in [0, 0.1) is 6.92 Å². The van der Waals surface area contributed by atoms with Crippen LogP contribution in [0.1, 0.15) is 11.4 Å². The van der Waals surface area contributed by atoms with Gasteiger partial charge in [0.2, 0.25) is 5.91 Å². The van der Waals surface area contributed by atoms with Crippen LogP contribution >= 0.6 is 11.5 Å². The highest BCUT2D eigenvalue weighted by Crippen LogP contribution is 2.27. The second-order valence-electron chi connectivity index (χ2n) is 6.26. The fourth-order valence-electron chi connectivity index (χ4n) is 2.90. The first-order chi connectivity index (χ1) is 13.6. The Bertz CT molecular complexity index is 1190. The lowest BCUT2D eigenvalue weighted by Gasteiger charge is -2.10. The first kappa shape index (κ1) is 18.0. The van der Waals surface area contributed by atoms with Crippen molar-refractivity contribution in [3.05, 3.63) is 76.6 Å². The van der Waals surface area contributed by atoms with E-state index in [-0.39, 0.29) is 18.0 Å². The summed E-state index contributed by atoms with van der Waals surface area (Å²) >= 11 is 1.10. The molecule has 4 aromatic rings. The van der Waals surface area contributed by atoms with E-state index in [4.69, 9.17) is 0 Å².